The molecule has 0 amide bonds. The van der Waals surface area contributed by atoms with E-state index >= 15 is 0 Å². The van der Waals surface area contributed by atoms with Crippen LogP contribution in [-0.2, 0) is 0 Å². The predicted molar refractivity (Wildman–Crippen MR) is 206 cm³/mol. The summed E-state index contributed by atoms with van der Waals surface area (Å²) in [6.07, 6.45) is 0. The molecule has 0 atom stereocenters. The Morgan fingerprint density at radius 2 is 0.673 bits per heavy atom. The first kappa shape index (κ1) is 28.8. The van der Waals surface area contributed by atoms with Crippen molar-refractivity contribution in [1.29, 1.82) is 0 Å². The lowest BCUT2D eigenvalue weighted by Gasteiger charge is -2.10. The maximum absolute atomic E-state index is 4.96. The van der Waals surface area contributed by atoms with Crippen molar-refractivity contribution < 1.29 is 0 Å². The van der Waals surface area contributed by atoms with Crippen LogP contribution in [0.15, 0.2) is 190 Å². The van der Waals surface area contributed by atoms with Crippen molar-refractivity contribution >= 4 is 22.7 Å². The molecule has 0 unspecified atom stereocenters. The van der Waals surface area contributed by atoms with Crippen LogP contribution in [0.4, 0.5) is 22.7 Å². The van der Waals surface area contributed by atoms with Gasteiger partial charge in [0.2, 0.25) is 0 Å². The predicted octanol–water partition coefficient (Wildman–Crippen LogP) is 9.67. The van der Waals surface area contributed by atoms with Crippen molar-refractivity contribution in [3.63, 3.8) is 0 Å². The van der Waals surface area contributed by atoms with Gasteiger partial charge in [0.25, 0.3) is 0 Å². The Morgan fingerprint density at radius 3 is 1.13 bits per heavy atom. The molecule has 8 aromatic carbocycles. The summed E-state index contributed by atoms with van der Waals surface area (Å²) in [5, 5.41) is 8.92. The highest BCUT2D eigenvalue weighted by Gasteiger charge is 2.25. The fourth-order valence-corrected chi connectivity index (χ4v) is 8.11. The van der Waals surface area contributed by atoms with Crippen LogP contribution in [0, 0.1) is 20.9 Å². The van der Waals surface area contributed by atoms with Gasteiger partial charge < -0.3 is 0 Å². The topological polar surface area (TPSA) is 49.4 Å². The maximum atomic E-state index is 4.96. The zero-order chi connectivity index (χ0) is 34.2. The molecule has 0 saturated heterocycles. The summed E-state index contributed by atoms with van der Waals surface area (Å²) >= 11 is 0. The summed E-state index contributed by atoms with van der Waals surface area (Å²) in [7, 11) is 0. The molecule has 0 saturated carbocycles. The van der Waals surface area contributed by atoms with Gasteiger partial charge in [-0.2, -0.15) is 0 Å². The average molecular weight is 661 g/mol. The first-order chi connectivity index (χ1) is 25.8. The minimum absolute atomic E-state index is 1.01. The van der Waals surface area contributed by atoms with E-state index in [9.17, 15) is 0 Å². The lowest BCUT2D eigenvalue weighted by molar-refractivity contribution is 1.36. The number of benzene rings is 8. The lowest BCUT2D eigenvalue weighted by Crippen LogP contribution is -2.00. The van der Waals surface area contributed by atoms with E-state index in [2.05, 4.69) is 158 Å². The van der Waals surface area contributed by atoms with E-state index in [0.717, 1.165) is 55.3 Å². The Balaban J connectivity index is 0.000000123. The molecule has 0 aromatic heterocycles. The van der Waals surface area contributed by atoms with Crippen LogP contribution < -0.4 is 21.4 Å². The van der Waals surface area contributed by atoms with Gasteiger partial charge in [-0.1, -0.05) is 121 Å². The fourth-order valence-electron chi connectivity index (χ4n) is 8.11. The van der Waals surface area contributed by atoms with Crippen molar-refractivity contribution in [2.75, 3.05) is 0 Å². The summed E-state index contributed by atoms with van der Waals surface area (Å²) in [5.41, 5.74) is 13.7. The molecular weight excluding hydrogens is 633 g/mol. The van der Waals surface area contributed by atoms with Gasteiger partial charge in [-0.25, -0.2) is 20.0 Å². The summed E-state index contributed by atoms with van der Waals surface area (Å²) in [6.45, 7) is 0. The van der Waals surface area contributed by atoms with Crippen molar-refractivity contribution in [2.45, 2.75) is 0 Å². The minimum atomic E-state index is 1.01. The largest absolute Gasteiger partial charge is 0.248 e. The number of para-hydroxylation sites is 2. The van der Waals surface area contributed by atoms with Crippen LogP contribution in [0.25, 0.3) is 44.5 Å². The van der Waals surface area contributed by atoms with Crippen molar-refractivity contribution in [1.82, 2.24) is 0 Å². The van der Waals surface area contributed by atoms with E-state index < -0.39 is 0 Å². The second-order valence-corrected chi connectivity index (χ2v) is 13.3. The van der Waals surface area contributed by atoms with Crippen LogP contribution in [0.1, 0.15) is 0 Å². The van der Waals surface area contributed by atoms with Crippen LogP contribution >= 0.6 is 0 Å². The van der Waals surface area contributed by atoms with Gasteiger partial charge in [-0.3, -0.25) is 0 Å². The Bertz CT molecular complexity index is 3060. The first-order valence-corrected chi connectivity index (χ1v) is 17.6. The maximum Gasteiger partial charge on any atom is 0.0817 e. The highest BCUT2D eigenvalue weighted by Crippen LogP contribution is 2.46. The van der Waals surface area contributed by atoms with Gasteiger partial charge in [-0.15, -0.1) is 0 Å². The smallest absolute Gasteiger partial charge is 0.0817 e. The van der Waals surface area contributed by atoms with E-state index in [1.165, 1.54) is 54.3 Å². The van der Waals surface area contributed by atoms with Crippen LogP contribution in [-0.4, -0.2) is 0 Å². The summed E-state index contributed by atoms with van der Waals surface area (Å²) < 4.78 is 0. The third-order valence-electron chi connectivity index (χ3n) is 10.4. The number of hydrogen-bond donors (Lipinski definition) is 0. The molecule has 0 fully saturated rings. The Kier molecular flexibility index (Phi) is 6.22. The molecule has 240 valence electrons. The molecule has 0 spiro atoms. The molecule has 0 aliphatic carbocycles. The summed E-state index contributed by atoms with van der Waals surface area (Å²) in [6, 6.07) is 59.0. The minimum Gasteiger partial charge on any atom is -0.248 e. The Hall–Kier alpha value is -7.04. The molecule has 4 heteroatoms. The van der Waals surface area contributed by atoms with Crippen molar-refractivity contribution in [2.24, 2.45) is 20.0 Å². The summed E-state index contributed by atoms with van der Waals surface area (Å²) in [4.78, 5) is 19.7. The molecule has 8 aromatic rings. The molecule has 12 rings (SSSR count). The molecule has 0 bridgehead atoms. The summed E-state index contributed by atoms with van der Waals surface area (Å²) in [5.74, 6) is 0. The average Bonchev–Trinajstić information content (AvgIpc) is 3.98. The zero-order valence-corrected chi connectivity index (χ0v) is 28.0. The van der Waals surface area contributed by atoms with Crippen LogP contribution in [0.3, 0.4) is 0 Å². The number of rotatable bonds is 2. The second-order valence-electron chi connectivity index (χ2n) is 13.3. The zero-order valence-electron chi connectivity index (χ0n) is 28.0. The highest BCUT2D eigenvalue weighted by atomic mass is 14.8. The molecular formula is C48H28N4. The third kappa shape index (κ3) is 4.28. The highest BCUT2D eigenvalue weighted by molar-refractivity contribution is 5.98. The molecule has 52 heavy (non-hydrogen) atoms. The quantitative estimate of drug-likeness (QED) is 0.177. The first-order valence-electron chi connectivity index (χ1n) is 17.6. The monoisotopic (exact) mass is 660 g/mol. The molecule has 4 nitrogen and oxygen atoms in total. The Morgan fingerprint density at radius 1 is 0.250 bits per heavy atom. The van der Waals surface area contributed by atoms with Crippen LogP contribution in [0.5, 0.6) is 0 Å². The lowest BCUT2D eigenvalue weighted by atomic mass is 9.93. The van der Waals surface area contributed by atoms with Crippen LogP contribution in [0.2, 0.25) is 0 Å². The van der Waals surface area contributed by atoms with E-state index in [0.29, 0.717) is 0 Å². The molecule has 4 aliphatic heterocycles. The number of hydrogen-bond acceptors (Lipinski definition) is 4. The van der Waals surface area contributed by atoms with Crippen molar-refractivity contribution in [3.8, 4) is 44.5 Å². The van der Waals surface area contributed by atoms with E-state index in [-0.39, 0.29) is 0 Å². The second kappa shape index (κ2) is 11.2. The van der Waals surface area contributed by atoms with E-state index in [1.54, 1.807) is 0 Å². The normalized spacial score (nSPS) is 12.5. The molecule has 4 aliphatic rings. The van der Waals surface area contributed by atoms with Gasteiger partial charge in [0, 0.05) is 43.1 Å². The SMILES string of the molecule is c1ccc(-c2cccc3c2-c2c4c(ccc2=N3)=c2ccccc2=N4)cc1.c1ccc(-c2cccc3c2-c2c4c(ccc2=N3)=c2ccccc2=N4)cc1. The van der Waals surface area contributed by atoms with Crippen molar-refractivity contribution in [3.05, 3.63) is 212 Å². The standard InChI is InChI=1S/2C24H14N2/c2*1-2-7-15(8-3-1)16-10-6-12-20-22(16)23-21(25-20)14-13-18-17-9-4-5-11-19(17)26-24(18)23/h2*1-14H. The molecule has 0 N–H and O–H groups in total. The van der Waals surface area contributed by atoms with Gasteiger partial charge in [0.05, 0.1) is 44.2 Å². The number of fused-ring (bicyclic) bond motifs is 12. The third-order valence-corrected chi connectivity index (χ3v) is 10.4. The van der Waals surface area contributed by atoms with Gasteiger partial charge in [-0.05, 0) is 70.8 Å². The number of nitrogens with zero attached hydrogens (tertiary/aromatic N) is 4. The Labute approximate surface area is 298 Å². The van der Waals surface area contributed by atoms with E-state index in [4.69, 9.17) is 20.0 Å². The van der Waals surface area contributed by atoms with Gasteiger partial charge in [0.15, 0.2) is 0 Å². The molecule has 0 radical (unpaired) electrons. The van der Waals surface area contributed by atoms with Gasteiger partial charge >= 0.3 is 0 Å². The van der Waals surface area contributed by atoms with E-state index in [1.807, 2.05) is 12.1 Å². The fraction of sp³-hybridized carbons (Fsp3) is 0. The molecule has 4 heterocycles. The van der Waals surface area contributed by atoms with Gasteiger partial charge in [0.1, 0.15) is 0 Å².